The number of rotatable bonds is 13. The molecule has 3 aromatic carbocycles. The maximum atomic E-state index is 14.1. The molecular weight excluding hydrogens is 836 g/mol. The smallest absolute Gasteiger partial charge is 0.367 e. The fourth-order valence-corrected chi connectivity index (χ4v) is 9.59. The summed E-state index contributed by atoms with van der Waals surface area (Å²) in [6.07, 6.45) is -5.13. The molecule has 0 aromatic heterocycles. The lowest BCUT2D eigenvalue weighted by molar-refractivity contribution is -0.143. The predicted molar refractivity (Wildman–Crippen MR) is 219 cm³/mol. The van der Waals surface area contributed by atoms with E-state index in [1.165, 1.54) is 35.4 Å². The highest BCUT2D eigenvalue weighted by molar-refractivity contribution is 5.95. The second kappa shape index (κ2) is 19.3. The van der Waals surface area contributed by atoms with Gasteiger partial charge in [0.05, 0.1) is 23.8 Å². The SMILES string of the molecule is CN(CCCCN1CCCNCCC1=O)C(=O)CO[C@H]1Cc2ccccc2C12CCN(CC[C@@]1(c3ccc(F)cc3)CN(C(=O)c3cc(C(F)(F)F)cc(C(F)(F)F)c3)CO1)CC2. The van der Waals surface area contributed by atoms with E-state index in [1.807, 2.05) is 17.0 Å². The van der Waals surface area contributed by atoms with Crippen molar-refractivity contribution < 1.29 is 54.6 Å². The van der Waals surface area contributed by atoms with Gasteiger partial charge in [0.2, 0.25) is 11.8 Å². The summed E-state index contributed by atoms with van der Waals surface area (Å²) >= 11 is 0. The zero-order valence-corrected chi connectivity index (χ0v) is 35.3. The molecule has 0 radical (unpaired) electrons. The van der Waals surface area contributed by atoms with Crippen LogP contribution in [0.1, 0.15) is 83.1 Å². The minimum Gasteiger partial charge on any atom is -0.367 e. The lowest BCUT2D eigenvalue weighted by Crippen LogP contribution is -2.50. The highest BCUT2D eigenvalue weighted by Crippen LogP contribution is 2.48. The number of carbonyl (C=O) groups excluding carboxylic acids is 3. The first-order valence-corrected chi connectivity index (χ1v) is 21.6. The fourth-order valence-electron chi connectivity index (χ4n) is 9.59. The third-order valence-electron chi connectivity index (χ3n) is 13.2. The summed E-state index contributed by atoms with van der Waals surface area (Å²) in [5, 5.41) is 3.26. The molecule has 3 saturated heterocycles. The van der Waals surface area contributed by atoms with E-state index in [4.69, 9.17) is 9.47 Å². The van der Waals surface area contributed by atoms with E-state index in [1.54, 1.807) is 11.9 Å². The number of nitrogens with one attached hydrogen (secondary N) is 1. The number of ether oxygens (including phenoxy) is 2. The second-order valence-electron chi connectivity index (χ2n) is 17.2. The van der Waals surface area contributed by atoms with E-state index >= 15 is 0 Å². The first-order chi connectivity index (χ1) is 30.0. The molecule has 3 aromatic rings. The zero-order chi connectivity index (χ0) is 45.0. The van der Waals surface area contributed by atoms with Crippen LogP contribution in [0, 0.1) is 5.82 Å². The Morgan fingerprint density at radius 2 is 1.60 bits per heavy atom. The number of fused-ring (bicyclic) bond motifs is 2. The zero-order valence-electron chi connectivity index (χ0n) is 35.3. The molecule has 1 spiro atoms. The largest absolute Gasteiger partial charge is 0.416 e. The van der Waals surface area contributed by atoms with Crippen molar-refractivity contribution in [3.63, 3.8) is 0 Å². The topological polar surface area (TPSA) is 94.7 Å². The molecule has 1 aliphatic carbocycles. The second-order valence-corrected chi connectivity index (χ2v) is 17.2. The average molecular weight is 890 g/mol. The summed E-state index contributed by atoms with van der Waals surface area (Å²) in [6.45, 7) is 4.64. The van der Waals surface area contributed by atoms with E-state index in [0.29, 0.717) is 69.8 Å². The highest BCUT2D eigenvalue weighted by Gasteiger charge is 2.50. The monoisotopic (exact) mass is 889 g/mol. The molecule has 17 heteroatoms. The number of nitrogens with zero attached hydrogens (tertiary/aromatic N) is 4. The van der Waals surface area contributed by atoms with Crippen molar-refractivity contribution in [1.29, 1.82) is 0 Å². The number of alkyl halides is 6. The normalized spacial score (nSPS) is 22.0. The number of piperidine rings is 1. The number of carbonyl (C=O) groups is 3. The van der Waals surface area contributed by atoms with E-state index in [9.17, 15) is 45.1 Å². The van der Waals surface area contributed by atoms with Gasteiger partial charge in [-0.15, -0.1) is 0 Å². The van der Waals surface area contributed by atoms with Crippen LogP contribution in [-0.4, -0.2) is 123 Å². The van der Waals surface area contributed by atoms with Gasteiger partial charge in [0.25, 0.3) is 5.91 Å². The number of benzene rings is 3. The molecule has 3 aliphatic heterocycles. The van der Waals surface area contributed by atoms with Crippen LogP contribution in [0.5, 0.6) is 0 Å². The van der Waals surface area contributed by atoms with Gasteiger partial charge < -0.3 is 34.4 Å². The molecule has 1 N–H and O–H groups in total. The van der Waals surface area contributed by atoms with Crippen LogP contribution in [0.15, 0.2) is 66.7 Å². The van der Waals surface area contributed by atoms with Crippen LogP contribution >= 0.6 is 0 Å². The molecule has 2 atom stereocenters. The van der Waals surface area contributed by atoms with Gasteiger partial charge in [-0.2, -0.15) is 26.3 Å². The molecular formula is C46H54F7N5O5. The van der Waals surface area contributed by atoms with Crippen molar-refractivity contribution in [2.75, 3.05) is 79.3 Å². The first-order valence-electron chi connectivity index (χ1n) is 21.6. The lowest BCUT2D eigenvalue weighted by atomic mass is 9.72. The first kappa shape index (κ1) is 46.4. The Bertz CT molecular complexity index is 2060. The predicted octanol–water partition coefficient (Wildman–Crippen LogP) is 7.00. The van der Waals surface area contributed by atoms with Crippen molar-refractivity contribution >= 4 is 17.7 Å². The van der Waals surface area contributed by atoms with Crippen LogP contribution < -0.4 is 5.32 Å². The Morgan fingerprint density at radius 1 is 0.905 bits per heavy atom. The molecule has 0 unspecified atom stereocenters. The van der Waals surface area contributed by atoms with Crippen molar-refractivity contribution in [3.8, 4) is 0 Å². The summed E-state index contributed by atoms with van der Waals surface area (Å²) in [5.41, 5.74) is -2.65. The molecule has 0 bridgehead atoms. The van der Waals surface area contributed by atoms with Gasteiger partial charge in [0, 0.05) is 57.2 Å². The average Bonchev–Trinajstić information content (AvgIpc) is 3.82. The van der Waals surface area contributed by atoms with Crippen LogP contribution in [0.25, 0.3) is 0 Å². The number of unbranched alkanes of at least 4 members (excludes halogenated alkanes) is 1. The Balaban J connectivity index is 0.978. The van der Waals surface area contributed by atoms with Gasteiger partial charge in [-0.25, -0.2) is 4.39 Å². The Hall–Kier alpha value is -4.58. The number of likely N-dealkylation sites (N-methyl/N-ethyl adjacent to an activating group) is 1. The summed E-state index contributed by atoms with van der Waals surface area (Å²) in [5.74, 6) is -1.53. The van der Waals surface area contributed by atoms with Crippen molar-refractivity contribution in [3.05, 3.63) is 106 Å². The van der Waals surface area contributed by atoms with Crippen LogP contribution in [-0.2, 0) is 48.9 Å². The van der Waals surface area contributed by atoms with Crippen molar-refractivity contribution in [2.24, 2.45) is 0 Å². The van der Waals surface area contributed by atoms with Crippen molar-refractivity contribution in [1.82, 2.24) is 24.9 Å². The quantitative estimate of drug-likeness (QED) is 0.146. The van der Waals surface area contributed by atoms with Crippen LogP contribution in [0.3, 0.4) is 0 Å². The molecule has 7 rings (SSSR count). The van der Waals surface area contributed by atoms with Gasteiger partial charge in [0.15, 0.2) is 0 Å². The number of halogens is 7. The minimum atomic E-state index is -5.13. The van der Waals surface area contributed by atoms with E-state index in [2.05, 4.69) is 22.3 Å². The fraction of sp³-hybridized carbons (Fsp3) is 0.543. The number of hydrogen-bond acceptors (Lipinski definition) is 7. The Kier molecular flexibility index (Phi) is 14.2. The number of amides is 3. The van der Waals surface area contributed by atoms with Crippen LogP contribution in [0.2, 0.25) is 0 Å². The number of likely N-dealkylation sites (tertiary alicyclic amines) is 1. The third-order valence-corrected chi connectivity index (χ3v) is 13.2. The van der Waals surface area contributed by atoms with Crippen molar-refractivity contribution in [2.45, 2.75) is 80.8 Å². The molecule has 3 amide bonds. The molecule has 4 aliphatic rings. The summed E-state index contributed by atoms with van der Waals surface area (Å²) in [6, 6.07) is 14.5. The molecule has 0 saturated carbocycles. The molecule has 3 fully saturated rings. The van der Waals surface area contributed by atoms with E-state index in [-0.39, 0.29) is 49.0 Å². The minimum absolute atomic E-state index is 0.0227. The molecule has 342 valence electrons. The third kappa shape index (κ3) is 10.7. The highest BCUT2D eigenvalue weighted by atomic mass is 19.4. The summed E-state index contributed by atoms with van der Waals surface area (Å²) in [7, 11) is 1.77. The number of hydrogen-bond donors (Lipinski definition) is 1. The molecule has 10 nitrogen and oxygen atoms in total. The Morgan fingerprint density at radius 3 is 2.30 bits per heavy atom. The van der Waals surface area contributed by atoms with E-state index < -0.39 is 53.1 Å². The van der Waals surface area contributed by atoms with Gasteiger partial charge in [0.1, 0.15) is 24.8 Å². The van der Waals surface area contributed by atoms with Crippen LogP contribution in [0.4, 0.5) is 30.7 Å². The maximum absolute atomic E-state index is 14.1. The Labute approximate surface area is 362 Å². The lowest BCUT2D eigenvalue weighted by Gasteiger charge is -2.44. The van der Waals surface area contributed by atoms with Gasteiger partial charge in [-0.05, 0) is 112 Å². The molecule has 63 heavy (non-hydrogen) atoms. The van der Waals surface area contributed by atoms with Gasteiger partial charge in [-0.3, -0.25) is 14.4 Å². The van der Waals surface area contributed by atoms with Gasteiger partial charge in [-0.1, -0.05) is 36.4 Å². The summed E-state index contributed by atoms with van der Waals surface area (Å²) in [4.78, 5) is 46.3. The van der Waals surface area contributed by atoms with Gasteiger partial charge >= 0.3 is 12.4 Å². The standard InChI is InChI=1S/C46H54F7N5O5/c1-55(19-4-5-20-57-21-6-17-54-18-13-40(57)59)41(60)29-62-39-27-32-7-2-3-8-38(32)43(39)14-22-56(23-15-43)24-16-44(34-9-11-37(47)12-10-34)30-58(31-63-44)42(61)33-25-35(45(48,49)50)28-36(26-33)46(51,52)53/h2-3,7-12,25-26,28,39,54H,4-6,13-24,27,29-31H2,1H3/t39-,44-/m0/s1. The maximum Gasteiger partial charge on any atom is 0.416 e. The van der Waals surface area contributed by atoms with E-state index in [0.717, 1.165) is 50.1 Å². The summed E-state index contributed by atoms with van der Waals surface area (Å²) < 4.78 is 109. The molecule has 3 heterocycles.